The first-order chi connectivity index (χ1) is 10.1. The van der Waals surface area contributed by atoms with E-state index in [-0.39, 0.29) is 6.04 Å². The van der Waals surface area contributed by atoms with Crippen molar-refractivity contribution in [2.45, 2.75) is 32.7 Å². The highest BCUT2D eigenvalue weighted by Gasteiger charge is 2.20. The number of rotatable bonds is 2. The van der Waals surface area contributed by atoms with Gasteiger partial charge < -0.3 is 10.6 Å². The maximum absolute atomic E-state index is 5.97. The van der Waals surface area contributed by atoms with Crippen LogP contribution in [0.25, 0.3) is 0 Å². The summed E-state index contributed by atoms with van der Waals surface area (Å²) in [6.07, 6.45) is 2.36. The van der Waals surface area contributed by atoms with Crippen molar-refractivity contribution < 1.29 is 0 Å². The van der Waals surface area contributed by atoms with Crippen molar-refractivity contribution in [1.29, 1.82) is 0 Å². The van der Waals surface area contributed by atoms with Crippen LogP contribution in [0, 0.1) is 6.92 Å². The van der Waals surface area contributed by atoms with Crippen molar-refractivity contribution in [3.05, 3.63) is 57.6 Å². The molecule has 0 unspecified atom stereocenters. The summed E-state index contributed by atoms with van der Waals surface area (Å²) in [6, 6.07) is 13.3. The maximum Gasteiger partial charge on any atom is 0.0555 e. The summed E-state index contributed by atoms with van der Waals surface area (Å²) in [5, 5.41) is 0. The first-order valence-electron chi connectivity index (χ1n) is 7.48. The van der Waals surface area contributed by atoms with E-state index in [1.54, 1.807) is 0 Å². The molecule has 0 saturated heterocycles. The number of benzene rings is 2. The van der Waals surface area contributed by atoms with E-state index in [0.29, 0.717) is 0 Å². The topological polar surface area (TPSA) is 29.3 Å². The minimum absolute atomic E-state index is 0.0617. The molecule has 110 valence electrons. The molecule has 1 atom stereocenters. The number of nitrogens with zero attached hydrogens (tertiary/aromatic N) is 1. The Hall–Kier alpha value is -1.32. The summed E-state index contributed by atoms with van der Waals surface area (Å²) >= 11 is 3.72. The Bertz CT molecular complexity index is 664. The minimum atomic E-state index is 0.0617. The summed E-state index contributed by atoms with van der Waals surface area (Å²) < 4.78 is 1.12. The Morgan fingerprint density at radius 2 is 1.90 bits per heavy atom. The summed E-state index contributed by atoms with van der Waals surface area (Å²) in [6.45, 7) is 5.24. The normalized spacial score (nSPS) is 15.7. The highest BCUT2D eigenvalue weighted by molar-refractivity contribution is 9.10. The molecule has 0 fully saturated rings. The van der Waals surface area contributed by atoms with Gasteiger partial charge >= 0.3 is 0 Å². The van der Waals surface area contributed by atoms with Crippen molar-refractivity contribution in [1.82, 2.24) is 0 Å². The highest BCUT2D eigenvalue weighted by atomic mass is 79.9. The summed E-state index contributed by atoms with van der Waals surface area (Å²) in [7, 11) is 0. The van der Waals surface area contributed by atoms with Crippen LogP contribution in [0.1, 0.15) is 36.1 Å². The van der Waals surface area contributed by atoms with Crippen molar-refractivity contribution in [2.24, 2.45) is 5.73 Å². The molecule has 2 aromatic rings. The fraction of sp³-hybridized carbons (Fsp3) is 0.333. The molecule has 3 heteroatoms. The van der Waals surface area contributed by atoms with Gasteiger partial charge in [-0.3, -0.25) is 0 Å². The zero-order valence-electron chi connectivity index (χ0n) is 12.6. The smallest absolute Gasteiger partial charge is 0.0555 e. The van der Waals surface area contributed by atoms with Gasteiger partial charge in [0.25, 0.3) is 0 Å². The van der Waals surface area contributed by atoms with Crippen LogP contribution in [0.5, 0.6) is 0 Å². The number of halogens is 1. The van der Waals surface area contributed by atoms with E-state index in [2.05, 4.69) is 64.2 Å². The molecule has 1 heterocycles. The van der Waals surface area contributed by atoms with Gasteiger partial charge in [0.2, 0.25) is 0 Å². The molecule has 0 aromatic heterocycles. The van der Waals surface area contributed by atoms with Crippen LogP contribution in [0.4, 0.5) is 11.4 Å². The molecule has 3 rings (SSSR count). The van der Waals surface area contributed by atoms with Gasteiger partial charge in [-0.05, 0) is 71.9 Å². The molecule has 1 aliphatic heterocycles. The van der Waals surface area contributed by atoms with Crippen LogP contribution in [0.2, 0.25) is 0 Å². The lowest BCUT2D eigenvalue weighted by Gasteiger charge is -2.32. The van der Waals surface area contributed by atoms with E-state index >= 15 is 0 Å². The van der Waals surface area contributed by atoms with Crippen molar-refractivity contribution in [2.75, 3.05) is 11.4 Å². The summed E-state index contributed by atoms with van der Waals surface area (Å²) in [4.78, 5) is 2.41. The Morgan fingerprint density at radius 1 is 1.14 bits per heavy atom. The fourth-order valence-electron chi connectivity index (χ4n) is 3.00. The van der Waals surface area contributed by atoms with Gasteiger partial charge in [-0.15, -0.1) is 0 Å². The first-order valence-corrected chi connectivity index (χ1v) is 8.27. The lowest BCUT2D eigenvalue weighted by molar-refractivity contribution is 0.763. The number of aryl methyl sites for hydroxylation is 2. The second-order valence-electron chi connectivity index (χ2n) is 5.89. The molecule has 2 nitrogen and oxygen atoms in total. The van der Waals surface area contributed by atoms with E-state index in [1.165, 1.54) is 35.3 Å². The minimum Gasteiger partial charge on any atom is -0.340 e. The summed E-state index contributed by atoms with van der Waals surface area (Å²) in [5.74, 6) is 0. The third-order valence-electron chi connectivity index (χ3n) is 4.14. The Labute approximate surface area is 135 Å². The lowest BCUT2D eigenvalue weighted by Crippen LogP contribution is -2.25. The van der Waals surface area contributed by atoms with Crippen molar-refractivity contribution in [3.63, 3.8) is 0 Å². The maximum atomic E-state index is 5.97. The predicted molar refractivity (Wildman–Crippen MR) is 93.3 cm³/mol. The fourth-order valence-corrected chi connectivity index (χ4v) is 3.61. The van der Waals surface area contributed by atoms with Gasteiger partial charge in [0, 0.05) is 22.7 Å². The van der Waals surface area contributed by atoms with Crippen LogP contribution >= 0.6 is 15.9 Å². The Balaban J connectivity index is 2.03. The monoisotopic (exact) mass is 344 g/mol. The van der Waals surface area contributed by atoms with Crippen molar-refractivity contribution >= 4 is 27.3 Å². The van der Waals surface area contributed by atoms with Crippen LogP contribution in [0.3, 0.4) is 0 Å². The van der Waals surface area contributed by atoms with Gasteiger partial charge in [0.1, 0.15) is 0 Å². The third-order valence-corrected chi connectivity index (χ3v) is 4.78. The molecule has 0 radical (unpaired) electrons. The van der Waals surface area contributed by atoms with Gasteiger partial charge in [0.15, 0.2) is 0 Å². The second kappa shape index (κ2) is 5.82. The predicted octanol–water partition coefficient (Wildman–Crippen LogP) is 4.86. The van der Waals surface area contributed by atoms with Crippen LogP contribution in [0.15, 0.2) is 40.9 Å². The number of hydrogen-bond acceptors (Lipinski definition) is 2. The molecule has 0 aliphatic carbocycles. The van der Waals surface area contributed by atoms with E-state index in [1.807, 2.05) is 6.92 Å². The van der Waals surface area contributed by atoms with E-state index in [4.69, 9.17) is 5.73 Å². The number of hydrogen-bond donors (Lipinski definition) is 1. The average Bonchev–Trinajstić information content (AvgIpc) is 2.46. The largest absolute Gasteiger partial charge is 0.340 e. The Morgan fingerprint density at radius 3 is 2.62 bits per heavy atom. The zero-order chi connectivity index (χ0) is 15.0. The van der Waals surface area contributed by atoms with Gasteiger partial charge in [-0.2, -0.15) is 0 Å². The zero-order valence-corrected chi connectivity index (χ0v) is 14.2. The van der Waals surface area contributed by atoms with Crippen LogP contribution in [-0.4, -0.2) is 6.54 Å². The molecule has 2 aromatic carbocycles. The molecule has 21 heavy (non-hydrogen) atoms. The molecule has 0 amide bonds. The molecule has 0 spiro atoms. The quantitative estimate of drug-likeness (QED) is 0.842. The van der Waals surface area contributed by atoms with Crippen molar-refractivity contribution in [3.8, 4) is 0 Å². The molecule has 0 saturated carbocycles. The standard InChI is InChI=1S/C18H21BrN2/c1-12-5-7-17-15(10-12)4-3-9-21(17)18-8-6-14(13(2)20)11-16(18)19/h5-8,10-11,13H,3-4,9,20H2,1-2H3/t13-/m1/s1. The third kappa shape index (κ3) is 2.85. The first kappa shape index (κ1) is 14.6. The molecular formula is C18H21BrN2. The van der Waals surface area contributed by atoms with E-state index < -0.39 is 0 Å². The summed E-state index contributed by atoms with van der Waals surface area (Å²) in [5.41, 5.74) is 12.5. The molecule has 2 N–H and O–H groups in total. The number of anilines is 2. The van der Waals surface area contributed by atoms with Gasteiger partial charge in [0.05, 0.1) is 5.69 Å². The van der Waals surface area contributed by atoms with Gasteiger partial charge in [-0.1, -0.05) is 23.8 Å². The molecule has 0 bridgehead atoms. The average molecular weight is 345 g/mol. The van der Waals surface area contributed by atoms with Crippen LogP contribution in [-0.2, 0) is 6.42 Å². The van der Waals surface area contributed by atoms with E-state index in [0.717, 1.165) is 16.6 Å². The number of nitrogens with two attached hydrogens (primary N) is 1. The van der Waals surface area contributed by atoms with E-state index in [9.17, 15) is 0 Å². The highest BCUT2D eigenvalue weighted by Crippen LogP contribution is 2.38. The van der Waals surface area contributed by atoms with Gasteiger partial charge in [-0.25, -0.2) is 0 Å². The SMILES string of the molecule is Cc1ccc2c(c1)CCCN2c1ccc([C@@H](C)N)cc1Br. The second-order valence-corrected chi connectivity index (χ2v) is 6.74. The molecule has 1 aliphatic rings. The lowest BCUT2D eigenvalue weighted by atomic mass is 9.98. The number of fused-ring (bicyclic) bond motifs is 1. The Kier molecular flexibility index (Phi) is 4.05. The molecular weight excluding hydrogens is 324 g/mol. The van der Waals surface area contributed by atoms with Crippen LogP contribution < -0.4 is 10.6 Å².